The van der Waals surface area contributed by atoms with Crippen molar-refractivity contribution in [3.63, 3.8) is 0 Å². The molecule has 23 heavy (non-hydrogen) atoms. The molecule has 0 aliphatic carbocycles. The molecule has 0 aliphatic heterocycles. The quantitative estimate of drug-likeness (QED) is 0.688. The topological polar surface area (TPSA) is 35.0 Å². The van der Waals surface area contributed by atoms with Crippen LogP contribution in [0.2, 0.25) is 5.15 Å². The summed E-state index contributed by atoms with van der Waals surface area (Å²) in [5.41, 5.74) is 4.14. The van der Waals surface area contributed by atoms with Crippen molar-refractivity contribution in [3.8, 4) is 17.0 Å². The lowest BCUT2D eigenvalue weighted by Gasteiger charge is -2.07. The Morgan fingerprint density at radius 1 is 0.913 bits per heavy atom. The summed E-state index contributed by atoms with van der Waals surface area (Å²) in [4.78, 5) is 0. The van der Waals surface area contributed by atoms with Crippen molar-refractivity contribution in [2.24, 2.45) is 0 Å². The van der Waals surface area contributed by atoms with E-state index < -0.39 is 0 Å². The average molecular weight is 325 g/mol. The third-order valence-electron chi connectivity index (χ3n) is 3.73. The normalized spacial score (nSPS) is 10.5. The average Bonchev–Trinajstić information content (AvgIpc) is 2.62. The molecular formula is C19H17ClN2O. The van der Waals surface area contributed by atoms with Gasteiger partial charge in [0.1, 0.15) is 5.75 Å². The second kappa shape index (κ2) is 7.25. The number of rotatable bonds is 5. The van der Waals surface area contributed by atoms with Gasteiger partial charge in [-0.1, -0.05) is 54.1 Å². The van der Waals surface area contributed by atoms with Crippen LogP contribution in [0.15, 0.2) is 60.7 Å². The van der Waals surface area contributed by atoms with Crippen molar-refractivity contribution in [1.82, 2.24) is 10.2 Å². The van der Waals surface area contributed by atoms with Crippen molar-refractivity contribution < 1.29 is 4.74 Å². The summed E-state index contributed by atoms with van der Waals surface area (Å²) in [6.07, 6.45) is 1.71. The highest BCUT2D eigenvalue weighted by atomic mass is 35.5. The van der Waals surface area contributed by atoms with Crippen LogP contribution in [0.5, 0.6) is 5.75 Å². The zero-order valence-electron chi connectivity index (χ0n) is 12.9. The van der Waals surface area contributed by atoms with E-state index in [9.17, 15) is 0 Å². The summed E-state index contributed by atoms with van der Waals surface area (Å²) in [6.45, 7) is 0. The van der Waals surface area contributed by atoms with E-state index in [0.29, 0.717) is 5.15 Å². The zero-order valence-corrected chi connectivity index (χ0v) is 13.6. The lowest BCUT2D eigenvalue weighted by molar-refractivity contribution is 0.414. The van der Waals surface area contributed by atoms with Crippen molar-refractivity contribution >= 4 is 11.6 Å². The molecule has 2 aromatic carbocycles. The van der Waals surface area contributed by atoms with Crippen LogP contribution in [-0.4, -0.2) is 17.3 Å². The molecule has 1 aromatic heterocycles. The summed E-state index contributed by atoms with van der Waals surface area (Å²) in [6, 6.07) is 20.1. The largest absolute Gasteiger partial charge is 0.497 e. The molecule has 0 atom stereocenters. The molecule has 0 amide bonds. The monoisotopic (exact) mass is 324 g/mol. The van der Waals surface area contributed by atoms with Gasteiger partial charge in [-0.2, -0.15) is 0 Å². The van der Waals surface area contributed by atoms with Crippen molar-refractivity contribution in [1.29, 1.82) is 0 Å². The molecular weight excluding hydrogens is 308 g/mol. The van der Waals surface area contributed by atoms with Gasteiger partial charge in [0.15, 0.2) is 5.15 Å². The minimum absolute atomic E-state index is 0.471. The number of hydrogen-bond acceptors (Lipinski definition) is 3. The molecule has 0 bridgehead atoms. The molecule has 0 aliphatic rings. The zero-order chi connectivity index (χ0) is 16.1. The van der Waals surface area contributed by atoms with E-state index in [2.05, 4.69) is 22.3 Å². The van der Waals surface area contributed by atoms with Crippen molar-refractivity contribution in [2.45, 2.75) is 12.8 Å². The van der Waals surface area contributed by atoms with E-state index >= 15 is 0 Å². The highest BCUT2D eigenvalue weighted by Crippen LogP contribution is 2.22. The predicted octanol–water partition coefficient (Wildman–Crippen LogP) is 4.59. The molecule has 4 heteroatoms. The van der Waals surface area contributed by atoms with Gasteiger partial charge in [-0.05, 0) is 42.2 Å². The van der Waals surface area contributed by atoms with Gasteiger partial charge in [0.05, 0.1) is 12.8 Å². The Morgan fingerprint density at radius 2 is 1.65 bits per heavy atom. The first-order chi connectivity index (χ1) is 11.3. The summed E-state index contributed by atoms with van der Waals surface area (Å²) in [5, 5.41) is 8.75. The van der Waals surface area contributed by atoms with Crippen LogP contribution in [0.1, 0.15) is 11.1 Å². The number of halogens is 1. The molecule has 0 N–H and O–H groups in total. The standard InChI is InChI=1S/C19H17ClN2O/c1-23-17-11-8-14(9-12-17)7-10-16-13-18(21-22-19(16)20)15-5-3-2-4-6-15/h2-6,8-9,11-13H,7,10H2,1H3. The summed E-state index contributed by atoms with van der Waals surface area (Å²) in [5.74, 6) is 0.865. The Morgan fingerprint density at radius 3 is 2.35 bits per heavy atom. The third-order valence-corrected chi connectivity index (χ3v) is 4.05. The Kier molecular flexibility index (Phi) is 4.89. The summed E-state index contributed by atoms with van der Waals surface area (Å²) < 4.78 is 5.18. The Balaban J connectivity index is 1.76. The molecule has 0 spiro atoms. The van der Waals surface area contributed by atoms with Gasteiger partial charge in [-0.25, -0.2) is 0 Å². The van der Waals surface area contributed by atoms with E-state index in [1.165, 1.54) is 5.56 Å². The fraction of sp³-hybridized carbons (Fsp3) is 0.158. The number of hydrogen-bond donors (Lipinski definition) is 0. The molecule has 0 fully saturated rings. The molecule has 0 saturated heterocycles. The van der Waals surface area contributed by atoms with Gasteiger partial charge in [0, 0.05) is 5.56 Å². The van der Waals surface area contributed by atoms with E-state index in [0.717, 1.165) is 35.4 Å². The molecule has 0 radical (unpaired) electrons. The smallest absolute Gasteiger partial charge is 0.154 e. The number of ether oxygens (including phenoxy) is 1. The molecule has 3 nitrogen and oxygen atoms in total. The Bertz CT molecular complexity index is 773. The number of nitrogens with zero attached hydrogens (tertiary/aromatic N) is 2. The van der Waals surface area contributed by atoms with Crippen LogP contribution in [0.25, 0.3) is 11.3 Å². The number of aryl methyl sites for hydroxylation is 2. The Labute approximate surface area is 140 Å². The van der Waals surface area contributed by atoms with Crippen LogP contribution in [0, 0.1) is 0 Å². The maximum Gasteiger partial charge on any atom is 0.154 e. The first-order valence-electron chi connectivity index (χ1n) is 7.47. The highest BCUT2D eigenvalue weighted by Gasteiger charge is 2.07. The van der Waals surface area contributed by atoms with E-state index in [4.69, 9.17) is 16.3 Å². The second-order valence-corrected chi connectivity index (χ2v) is 5.62. The van der Waals surface area contributed by atoms with Crippen LogP contribution in [0.3, 0.4) is 0 Å². The van der Waals surface area contributed by atoms with Crippen LogP contribution < -0.4 is 4.74 Å². The SMILES string of the molecule is COc1ccc(CCc2cc(-c3ccccc3)nnc2Cl)cc1. The number of methoxy groups -OCH3 is 1. The summed E-state index contributed by atoms with van der Waals surface area (Å²) >= 11 is 6.20. The third kappa shape index (κ3) is 3.88. The van der Waals surface area contributed by atoms with Crippen molar-refractivity contribution in [3.05, 3.63) is 76.9 Å². The van der Waals surface area contributed by atoms with Gasteiger partial charge >= 0.3 is 0 Å². The minimum Gasteiger partial charge on any atom is -0.497 e. The maximum absolute atomic E-state index is 6.20. The lowest BCUT2D eigenvalue weighted by atomic mass is 10.0. The fourth-order valence-corrected chi connectivity index (χ4v) is 2.60. The molecule has 3 aromatic rings. The molecule has 3 rings (SSSR count). The molecule has 1 heterocycles. The van der Waals surface area contributed by atoms with Crippen LogP contribution in [-0.2, 0) is 12.8 Å². The highest BCUT2D eigenvalue weighted by molar-refractivity contribution is 6.30. The maximum atomic E-state index is 6.20. The first-order valence-corrected chi connectivity index (χ1v) is 7.84. The van der Waals surface area contributed by atoms with E-state index in [1.54, 1.807) is 7.11 Å². The fourth-order valence-electron chi connectivity index (χ4n) is 2.41. The summed E-state index contributed by atoms with van der Waals surface area (Å²) in [7, 11) is 1.67. The van der Waals surface area contributed by atoms with Crippen LogP contribution in [0.4, 0.5) is 0 Å². The predicted molar refractivity (Wildman–Crippen MR) is 92.9 cm³/mol. The minimum atomic E-state index is 0.471. The molecule has 0 unspecified atom stereocenters. The van der Waals surface area contributed by atoms with E-state index in [-0.39, 0.29) is 0 Å². The Hall–Kier alpha value is -2.39. The van der Waals surface area contributed by atoms with Gasteiger partial charge < -0.3 is 4.74 Å². The number of aromatic nitrogens is 2. The second-order valence-electron chi connectivity index (χ2n) is 5.26. The molecule has 116 valence electrons. The molecule has 0 saturated carbocycles. The van der Waals surface area contributed by atoms with Gasteiger partial charge in [0.2, 0.25) is 0 Å². The van der Waals surface area contributed by atoms with Crippen LogP contribution >= 0.6 is 11.6 Å². The van der Waals surface area contributed by atoms with Gasteiger partial charge in [-0.15, -0.1) is 10.2 Å². The lowest BCUT2D eigenvalue weighted by Crippen LogP contribution is -1.98. The van der Waals surface area contributed by atoms with E-state index in [1.807, 2.05) is 48.5 Å². The first kappa shape index (κ1) is 15.5. The van der Waals surface area contributed by atoms with Gasteiger partial charge in [-0.3, -0.25) is 0 Å². The number of benzene rings is 2. The van der Waals surface area contributed by atoms with Gasteiger partial charge in [0.25, 0.3) is 0 Å². The van der Waals surface area contributed by atoms with Crippen molar-refractivity contribution in [2.75, 3.05) is 7.11 Å².